The molecule has 2 aromatic carbocycles. The Kier molecular flexibility index (Phi) is 7.55. The molecule has 0 saturated carbocycles. The van der Waals surface area contributed by atoms with Gasteiger partial charge in [-0.15, -0.1) is 0 Å². The standard InChI is InChI=1S/C22H26FN5O3/c1-16(20(29)26-21(30)24-15-17-5-3-2-4-6-17)27-11-13-28(14-12-27)22(31)25-19-9-7-18(23)8-10-19/h2-10,16H,11-15H2,1H3,(H,25,31)(H2,24,26,29,30)/t16-/m1/s1. The van der Waals surface area contributed by atoms with Gasteiger partial charge in [0.2, 0.25) is 5.91 Å². The zero-order valence-corrected chi connectivity index (χ0v) is 17.3. The number of urea groups is 2. The van der Waals surface area contributed by atoms with Gasteiger partial charge in [0.05, 0.1) is 6.04 Å². The maximum atomic E-state index is 13.0. The number of carbonyl (C=O) groups excluding carboxylic acids is 3. The van der Waals surface area contributed by atoms with E-state index >= 15 is 0 Å². The molecule has 164 valence electrons. The molecule has 9 heteroatoms. The molecule has 0 radical (unpaired) electrons. The highest BCUT2D eigenvalue weighted by Crippen LogP contribution is 2.12. The molecule has 1 saturated heterocycles. The molecule has 3 N–H and O–H groups in total. The van der Waals surface area contributed by atoms with E-state index < -0.39 is 18.0 Å². The fraction of sp³-hybridized carbons (Fsp3) is 0.318. The number of anilines is 1. The molecule has 0 aliphatic carbocycles. The first-order valence-electron chi connectivity index (χ1n) is 10.1. The summed E-state index contributed by atoms with van der Waals surface area (Å²) in [5, 5.41) is 7.76. The highest BCUT2D eigenvalue weighted by molar-refractivity contribution is 5.96. The average Bonchev–Trinajstić information content (AvgIpc) is 2.79. The molecule has 1 atom stereocenters. The van der Waals surface area contributed by atoms with Crippen LogP contribution in [0.5, 0.6) is 0 Å². The number of rotatable bonds is 5. The Morgan fingerprint density at radius 3 is 2.26 bits per heavy atom. The summed E-state index contributed by atoms with van der Waals surface area (Å²) in [5.41, 5.74) is 1.45. The minimum atomic E-state index is -0.544. The molecule has 2 aromatic rings. The third-order valence-electron chi connectivity index (χ3n) is 5.16. The van der Waals surface area contributed by atoms with Crippen LogP contribution in [0.2, 0.25) is 0 Å². The van der Waals surface area contributed by atoms with Gasteiger partial charge in [-0.25, -0.2) is 14.0 Å². The Labute approximate surface area is 180 Å². The number of hydrogen-bond acceptors (Lipinski definition) is 4. The van der Waals surface area contributed by atoms with E-state index in [2.05, 4.69) is 16.0 Å². The summed E-state index contributed by atoms with van der Waals surface area (Å²) in [6, 6.07) is 13.6. The van der Waals surface area contributed by atoms with Crippen molar-refractivity contribution in [2.45, 2.75) is 19.5 Å². The van der Waals surface area contributed by atoms with Crippen LogP contribution < -0.4 is 16.0 Å². The molecule has 1 heterocycles. The monoisotopic (exact) mass is 427 g/mol. The third kappa shape index (κ3) is 6.51. The van der Waals surface area contributed by atoms with Crippen LogP contribution in [0.25, 0.3) is 0 Å². The van der Waals surface area contributed by atoms with Crippen molar-refractivity contribution in [1.82, 2.24) is 20.4 Å². The first kappa shape index (κ1) is 22.2. The van der Waals surface area contributed by atoms with Gasteiger partial charge in [-0.2, -0.15) is 0 Å². The Morgan fingerprint density at radius 1 is 0.968 bits per heavy atom. The largest absolute Gasteiger partial charge is 0.334 e. The van der Waals surface area contributed by atoms with E-state index in [-0.39, 0.29) is 11.8 Å². The van der Waals surface area contributed by atoms with Crippen molar-refractivity contribution < 1.29 is 18.8 Å². The number of amides is 5. The van der Waals surface area contributed by atoms with Crippen LogP contribution in [0.4, 0.5) is 19.7 Å². The van der Waals surface area contributed by atoms with Crippen LogP contribution in [-0.2, 0) is 11.3 Å². The number of nitrogens with zero attached hydrogens (tertiary/aromatic N) is 2. The second-order valence-electron chi connectivity index (χ2n) is 7.29. The van der Waals surface area contributed by atoms with E-state index in [0.29, 0.717) is 38.4 Å². The first-order chi connectivity index (χ1) is 14.9. The van der Waals surface area contributed by atoms with Crippen molar-refractivity contribution in [2.75, 3.05) is 31.5 Å². The number of nitrogens with one attached hydrogen (secondary N) is 3. The summed E-state index contributed by atoms with van der Waals surface area (Å²) in [4.78, 5) is 40.3. The van der Waals surface area contributed by atoms with Crippen molar-refractivity contribution in [1.29, 1.82) is 0 Å². The molecule has 8 nitrogen and oxygen atoms in total. The van der Waals surface area contributed by atoms with Crippen molar-refractivity contribution in [3.8, 4) is 0 Å². The molecule has 0 spiro atoms. The van der Waals surface area contributed by atoms with Gasteiger partial charge in [-0.05, 0) is 36.8 Å². The fourth-order valence-corrected chi connectivity index (χ4v) is 3.25. The van der Waals surface area contributed by atoms with Crippen LogP contribution in [-0.4, -0.2) is 60.0 Å². The number of halogens is 1. The van der Waals surface area contributed by atoms with Gasteiger partial charge >= 0.3 is 12.1 Å². The van der Waals surface area contributed by atoms with Gasteiger partial charge in [-0.1, -0.05) is 30.3 Å². The lowest BCUT2D eigenvalue weighted by atomic mass is 10.2. The van der Waals surface area contributed by atoms with E-state index in [9.17, 15) is 18.8 Å². The Bertz CT molecular complexity index is 899. The lowest BCUT2D eigenvalue weighted by molar-refractivity contribution is -0.125. The summed E-state index contributed by atoms with van der Waals surface area (Å²) in [6.45, 7) is 3.92. The number of imide groups is 1. The normalized spacial score (nSPS) is 15.1. The Balaban J connectivity index is 1.40. The van der Waals surface area contributed by atoms with E-state index in [1.54, 1.807) is 11.8 Å². The smallest absolute Gasteiger partial charge is 0.321 e. The minimum absolute atomic E-state index is 0.274. The molecule has 0 aromatic heterocycles. The van der Waals surface area contributed by atoms with Crippen molar-refractivity contribution in [3.63, 3.8) is 0 Å². The van der Waals surface area contributed by atoms with Gasteiger partial charge in [0.25, 0.3) is 0 Å². The van der Waals surface area contributed by atoms with Gasteiger partial charge in [0.15, 0.2) is 0 Å². The van der Waals surface area contributed by atoms with Crippen LogP contribution in [0.15, 0.2) is 54.6 Å². The topological polar surface area (TPSA) is 93.8 Å². The summed E-state index contributed by atoms with van der Waals surface area (Å²) in [6.07, 6.45) is 0. The Hall–Kier alpha value is -3.46. The molecule has 1 fully saturated rings. The van der Waals surface area contributed by atoms with Gasteiger partial charge in [0.1, 0.15) is 5.82 Å². The van der Waals surface area contributed by atoms with Crippen LogP contribution >= 0.6 is 0 Å². The second kappa shape index (κ2) is 10.5. The van der Waals surface area contributed by atoms with Crippen LogP contribution in [0.1, 0.15) is 12.5 Å². The predicted molar refractivity (Wildman–Crippen MR) is 115 cm³/mol. The second-order valence-corrected chi connectivity index (χ2v) is 7.29. The highest BCUT2D eigenvalue weighted by atomic mass is 19.1. The van der Waals surface area contributed by atoms with Crippen molar-refractivity contribution in [3.05, 3.63) is 66.0 Å². The minimum Gasteiger partial charge on any atom is -0.334 e. The molecule has 0 unspecified atom stereocenters. The van der Waals surface area contributed by atoms with E-state index in [1.807, 2.05) is 35.2 Å². The van der Waals surface area contributed by atoms with E-state index in [1.165, 1.54) is 24.3 Å². The summed E-state index contributed by atoms with van der Waals surface area (Å²) < 4.78 is 13.0. The SMILES string of the molecule is C[C@H](C(=O)NC(=O)NCc1ccccc1)N1CCN(C(=O)Nc2ccc(F)cc2)CC1. The molecule has 1 aliphatic heterocycles. The van der Waals surface area contributed by atoms with Gasteiger partial charge < -0.3 is 15.5 Å². The quantitative estimate of drug-likeness (QED) is 0.683. The number of benzene rings is 2. The third-order valence-corrected chi connectivity index (χ3v) is 5.16. The number of piperazine rings is 1. The molecule has 31 heavy (non-hydrogen) atoms. The predicted octanol–water partition coefficient (Wildman–Crippen LogP) is 2.39. The van der Waals surface area contributed by atoms with Crippen molar-refractivity contribution in [2.24, 2.45) is 0 Å². The van der Waals surface area contributed by atoms with Gasteiger partial charge in [0, 0.05) is 38.4 Å². The summed E-state index contributed by atoms with van der Waals surface area (Å²) >= 11 is 0. The summed E-state index contributed by atoms with van der Waals surface area (Å²) in [7, 11) is 0. The number of carbonyl (C=O) groups is 3. The maximum absolute atomic E-state index is 13.0. The van der Waals surface area contributed by atoms with E-state index in [4.69, 9.17) is 0 Å². The zero-order valence-electron chi connectivity index (χ0n) is 17.3. The van der Waals surface area contributed by atoms with Crippen molar-refractivity contribution >= 4 is 23.7 Å². The first-order valence-corrected chi connectivity index (χ1v) is 10.1. The molecule has 5 amide bonds. The molecular formula is C22H26FN5O3. The van der Waals surface area contributed by atoms with Crippen LogP contribution in [0.3, 0.4) is 0 Å². The maximum Gasteiger partial charge on any atom is 0.321 e. The Morgan fingerprint density at radius 2 is 1.61 bits per heavy atom. The van der Waals surface area contributed by atoms with Crippen LogP contribution in [0, 0.1) is 5.82 Å². The fourth-order valence-electron chi connectivity index (χ4n) is 3.25. The van der Waals surface area contributed by atoms with E-state index in [0.717, 1.165) is 5.56 Å². The molecule has 3 rings (SSSR count). The molecule has 0 bridgehead atoms. The summed E-state index contributed by atoms with van der Waals surface area (Å²) in [5.74, 6) is -0.762. The average molecular weight is 427 g/mol. The molecular weight excluding hydrogens is 401 g/mol. The highest BCUT2D eigenvalue weighted by Gasteiger charge is 2.28. The number of hydrogen-bond donors (Lipinski definition) is 3. The lowest BCUT2D eigenvalue weighted by Crippen LogP contribution is -2.56. The molecule has 1 aliphatic rings. The lowest BCUT2D eigenvalue weighted by Gasteiger charge is -2.37. The zero-order chi connectivity index (χ0) is 22.2. The van der Waals surface area contributed by atoms with Gasteiger partial charge in [-0.3, -0.25) is 15.0 Å².